The van der Waals surface area contributed by atoms with Crippen LogP contribution < -0.4 is 0 Å². The maximum absolute atomic E-state index is 17.4. The minimum Gasteiger partial charge on any atom is -0.458 e. The summed E-state index contributed by atoms with van der Waals surface area (Å²) < 4.78 is 35.3. The maximum atomic E-state index is 17.4. The van der Waals surface area contributed by atoms with E-state index in [0.717, 1.165) is 0 Å². The lowest BCUT2D eigenvalue weighted by molar-refractivity contribution is -0.757. The van der Waals surface area contributed by atoms with Gasteiger partial charge in [0.05, 0.1) is 18.8 Å². The van der Waals surface area contributed by atoms with Crippen LogP contribution in [0.25, 0.3) is 0 Å². The number of allylic oxidation sites excluding steroid dienone is 4. The van der Waals surface area contributed by atoms with Crippen molar-refractivity contribution < 1.29 is 48.0 Å². The van der Waals surface area contributed by atoms with E-state index < -0.39 is 75.4 Å². The molecule has 5 rings (SSSR count). The number of hydrogen-bond donors (Lipinski definition) is 1. The number of alkyl halides is 1. The van der Waals surface area contributed by atoms with E-state index in [1.165, 1.54) is 12.2 Å². The van der Waals surface area contributed by atoms with Crippen LogP contribution in [0.1, 0.15) is 66.2 Å². The van der Waals surface area contributed by atoms with E-state index in [1.54, 1.807) is 26.8 Å². The first-order chi connectivity index (χ1) is 18.6. The minimum atomic E-state index is -2.07. The van der Waals surface area contributed by atoms with Gasteiger partial charge in [-0.05, 0) is 70.9 Å². The lowest BCUT2D eigenvalue weighted by Crippen LogP contribution is -2.70. The SMILES string of the molecule is CC1(C)O[C@@H]2C[C@H]3C4CCC5=CC(=O)C=C[C@]5(C)[C@@]4(F)[C@@H](O)C[C@]3(C)[C@]2(C(=O)COC(=O)CCCO[N+](=O)[O-])O1. The number of esters is 1. The molecule has 11 nitrogen and oxygen atoms in total. The van der Waals surface area contributed by atoms with Gasteiger partial charge in [0.15, 0.2) is 29.4 Å². The summed E-state index contributed by atoms with van der Waals surface area (Å²) in [6, 6.07) is 0. The Bertz CT molecular complexity index is 1200. The second-order valence-electron chi connectivity index (χ2n) is 12.6. The summed E-state index contributed by atoms with van der Waals surface area (Å²) in [4.78, 5) is 52.8. The summed E-state index contributed by atoms with van der Waals surface area (Å²) in [6.45, 7) is 6.01. The average Bonchev–Trinajstić information content (AvgIpc) is 3.27. The molecule has 0 spiro atoms. The van der Waals surface area contributed by atoms with Crippen molar-refractivity contribution in [3.05, 3.63) is 33.9 Å². The van der Waals surface area contributed by atoms with Gasteiger partial charge in [0, 0.05) is 23.2 Å². The number of ketones is 2. The largest absolute Gasteiger partial charge is 0.458 e. The molecular weight excluding hydrogens is 529 g/mol. The van der Waals surface area contributed by atoms with Gasteiger partial charge in [-0.25, -0.2) is 4.39 Å². The van der Waals surface area contributed by atoms with E-state index in [0.29, 0.717) is 24.8 Å². The Balaban J connectivity index is 1.42. The molecule has 1 heterocycles. The van der Waals surface area contributed by atoms with E-state index in [1.807, 2.05) is 6.92 Å². The zero-order valence-corrected chi connectivity index (χ0v) is 23.1. The number of fused-ring (bicyclic) bond motifs is 7. The van der Waals surface area contributed by atoms with Crippen molar-refractivity contribution in [2.45, 2.75) is 95.5 Å². The molecule has 0 aromatic carbocycles. The van der Waals surface area contributed by atoms with Crippen LogP contribution in [0.2, 0.25) is 0 Å². The fourth-order valence-corrected chi connectivity index (χ4v) is 8.49. The molecule has 40 heavy (non-hydrogen) atoms. The number of nitrogens with zero attached hydrogens (tertiary/aromatic N) is 1. The Morgan fingerprint density at radius 3 is 2.67 bits per heavy atom. The number of halogens is 1. The van der Waals surface area contributed by atoms with Gasteiger partial charge in [-0.15, -0.1) is 10.1 Å². The number of hydrogen-bond acceptors (Lipinski definition) is 10. The Kier molecular flexibility index (Phi) is 6.79. The third-order valence-electron chi connectivity index (χ3n) is 10.1. The lowest BCUT2D eigenvalue weighted by atomic mass is 9.44. The van der Waals surface area contributed by atoms with E-state index in [2.05, 4.69) is 4.84 Å². The third-order valence-corrected chi connectivity index (χ3v) is 10.1. The number of aliphatic hydroxyl groups excluding tert-OH is 1. The molecule has 4 aliphatic carbocycles. The highest BCUT2D eigenvalue weighted by Gasteiger charge is 2.80. The lowest BCUT2D eigenvalue weighted by Gasteiger charge is -2.62. The van der Waals surface area contributed by atoms with Crippen LogP contribution in [0.4, 0.5) is 4.39 Å². The van der Waals surface area contributed by atoms with Crippen LogP contribution in [0, 0.1) is 32.8 Å². The van der Waals surface area contributed by atoms with Gasteiger partial charge in [-0.1, -0.05) is 18.6 Å². The van der Waals surface area contributed by atoms with Crippen LogP contribution in [0.5, 0.6) is 0 Å². The molecule has 0 aromatic rings. The first-order valence-corrected chi connectivity index (χ1v) is 13.8. The molecule has 0 bridgehead atoms. The van der Waals surface area contributed by atoms with E-state index in [4.69, 9.17) is 14.2 Å². The van der Waals surface area contributed by atoms with E-state index >= 15 is 4.39 Å². The van der Waals surface area contributed by atoms with Crippen molar-refractivity contribution in [1.82, 2.24) is 0 Å². The van der Waals surface area contributed by atoms with Gasteiger partial charge in [0.2, 0.25) is 5.78 Å². The number of carbonyl (C=O) groups is 3. The Hall–Kier alpha value is -2.70. The van der Waals surface area contributed by atoms with Crippen molar-refractivity contribution in [3.8, 4) is 0 Å². The van der Waals surface area contributed by atoms with Crippen LogP contribution in [-0.4, -0.2) is 70.2 Å². The van der Waals surface area contributed by atoms with E-state index in [-0.39, 0.29) is 31.7 Å². The average molecular weight is 566 g/mol. The number of Topliss-reactive ketones (excluding diaryl/α,β-unsaturated/α-hetero) is 1. The molecule has 0 aromatic heterocycles. The second-order valence-corrected chi connectivity index (χ2v) is 12.6. The van der Waals surface area contributed by atoms with Gasteiger partial charge >= 0.3 is 5.97 Å². The zero-order chi connectivity index (χ0) is 29.3. The molecule has 1 aliphatic heterocycles. The molecule has 0 radical (unpaired) electrons. The molecule has 4 fully saturated rings. The van der Waals surface area contributed by atoms with Crippen molar-refractivity contribution in [3.63, 3.8) is 0 Å². The van der Waals surface area contributed by atoms with Crippen LogP contribution in [-0.2, 0) is 33.4 Å². The molecule has 1 N–H and O–H groups in total. The predicted molar refractivity (Wildman–Crippen MR) is 135 cm³/mol. The van der Waals surface area contributed by atoms with Gasteiger partial charge in [-0.3, -0.25) is 14.4 Å². The van der Waals surface area contributed by atoms with Gasteiger partial charge in [-0.2, -0.15) is 0 Å². The third kappa shape index (κ3) is 3.97. The van der Waals surface area contributed by atoms with Crippen LogP contribution >= 0.6 is 0 Å². The van der Waals surface area contributed by atoms with Gasteiger partial charge in [0.1, 0.15) is 0 Å². The first-order valence-electron chi connectivity index (χ1n) is 13.8. The predicted octanol–water partition coefficient (Wildman–Crippen LogP) is 2.96. The van der Waals surface area contributed by atoms with Crippen LogP contribution in [0.15, 0.2) is 23.8 Å². The summed E-state index contributed by atoms with van der Waals surface area (Å²) in [5.41, 5.74) is -5.22. The Morgan fingerprint density at radius 1 is 1.25 bits per heavy atom. The molecular formula is C28H36FNO10. The smallest absolute Gasteiger partial charge is 0.306 e. The summed E-state index contributed by atoms with van der Waals surface area (Å²) >= 11 is 0. The summed E-state index contributed by atoms with van der Waals surface area (Å²) in [5, 5.41) is 20.9. The van der Waals surface area contributed by atoms with Crippen molar-refractivity contribution in [2.24, 2.45) is 22.7 Å². The monoisotopic (exact) mass is 565 g/mol. The van der Waals surface area contributed by atoms with Crippen molar-refractivity contribution in [2.75, 3.05) is 13.2 Å². The fraction of sp³-hybridized carbons (Fsp3) is 0.750. The standard InChI is InChI=1S/C28H36FNO10/c1-24(2)39-22-13-19-18-8-7-16-12-17(31)9-10-25(16,3)27(18,29)20(32)14-26(19,4)28(22,40-24)21(33)15-37-23(34)6-5-11-38-30(35)36/h9-10,12,18-20,22,32H,5-8,11,13-15H2,1-4H3/t18?,19-,20-,22+,25-,26-,27-,28+/m0/s1. The fourth-order valence-electron chi connectivity index (χ4n) is 8.49. The first kappa shape index (κ1) is 28.8. The Morgan fingerprint density at radius 2 is 1.98 bits per heavy atom. The molecule has 5 aliphatic rings. The topological polar surface area (TPSA) is 152 Å². The van der Waals surface area contributed by atoms with Crippen LogP contribution in [0.3, 0.4) is 0 Å². The molecule has 8 atom stereocenters. The quantitative estimate of drug-likeness (QED) is 0.201. The Labute approximate surface area is 231 Å². The summed E-state index contributed by atoms with van der Waals surface area (Å²) in [5.74, 6) is -3.65. The molecule has 1 unspecified atom stereocenters. The second kappa shape index (κ2) is 9.42. The number of ether oxygens (including phenoxy) is 3. The molecule has 0 amide bonds. The normalized spacial score (nSPS) is 42.6. The number of rotatable bonds is 8. The van der Waals surface area contributed by atoms with Crippen molar-refractivity contribution >= 4 is 17.5 Å². The number of carbonyl (C=O) groups excluding carboxylic acids is 3. The summed E-state index contributed by atoms with van der Waals surface area (Å²) in [7, 11) is 0. The van der Waals surface area contributed by atoms with Crippen molar-refractivity contribution in [1.29, 1.82) is 0 Å². The van der Waals surface area contributed by atoms with E-state index in [9.17, 15) is 29.6 Å². The van der Waals surface area contributed by atoms with Gasteiger partial charge in [0.25, 0.3) is 5.09 Å². The highest BCUT2D eigenvalue weighted by Crippen LogP contribution is 2.72. The zero-order valence-electron chi connectivity index (χ0n) is 23.1. The molecule has 220 valence electrons. The summed E-state index contributed by atoms with van der Waals surface area (Å²) in [6.07, 6.45) is 3.13. The molecule has 12 heteroatoms. The maximum Gasteiger partial charge on any atom is 0.306 e. The molecule has 1 saturated heterocycles. The highest BCUT2D eigenvalue weighted by molar-refractivity contribution is 6.01. The number of aliphatic hydroxyl groups is 1. The minimum absolute atomic E-state index is 0.0376. The highest BCUT2D eigenvalue weighted by atomic mass is 19.1. The molecule has 3 saturated carbocycles. The van der Waals surface area contributed by atoms with Gasteiger partial charge < -0.3 is 24.2 Å².